The van der Waals surface area contributed by atoms with E-state index in [9.17, 15) is 0 Å². The predicted octanol–water partition coefficient (Wildman–Crippen LogP) is 2.03. The number of nitrogens with one attached hydrogen (secondary N) is 1. The van der Waals surface area contributed by atoms with Crippen molar-refractivity contribution in [3.8, 4) is 0 Å². The Labute approximate surface area is 59.3 Å². The monoisotopic (exact) mass is 129 g/mol. The summed E-state index contributed by atoms with van der Waals surface area (Å²) in [5, 5.41) is 3.33. The Balaban J connectivity index is 0.000000810. The van der Waals surface area contributed by atoms with Gasteiger partial charge in [0, 0.05) is 7.47 Å². The molecule has 1 aliphatic rings. The summed E-state index contributed by atoms with van der Waals surface area (Å²) < 4.78 is 0. The highest BCUT2D eigenvalue weighted by Gasteiger charge is 2.16. The second-order valence-corrected chi connectivity index (χ2v) is 3.26. The molecule has 0 aromatic rings. The zero-order valence-corrected chi connectivity index (χ0v) is 6.48. The summed E-state index contributed by atoms with van der Waals surface area (Å²) in [6, 6.07) is 0.814. The third-order valence-electron chi connectivity index (χ3n) is 2.34. The number of hydrogen-bond acceptors (Lipinski definition) is 1. The molecule has 0 heterocycles. The van der Waals surface area contributed by atoms with Crippen LogP contribution in [0.1, 0.15) is 34.0 Å². The van der Waals surface area contributed by atoms with Crippen LogP contribution in [0.15, 0.2) is 0 Å². The Bertz CT molecular complexity index is 85.3. The van der Waals surface area contributed by atoms with Gasteiger partial charge in [-0.3, -0.25) is 0 Å². The molecule has 1 saturated carbocycles. The average Bonchev–Trinajstić information content (AvgIpc) is 1.88. The van der Waals surface area contributed by atoms with Gasteiger partial charge in [-0.2, -0.15) is 0 Å². The molecule has 0 bridgehead atoms. The third kappa shape index (κ3) is 1.98. The van der Waals surface area contributed by atoms with Gasteiger partial charge in [-0.15, -0.1) is 0 Å². The fourth-order valence-corrected chi connectivity index (χ4v) is 1.70. The molecule has 2 unspecified atom stereocenters. The van der Waals surface area contributed by atoms with Crippen molar-refractivity contribution >= 4 is 0 Å². The molecular formula is C8H19N. The quantitative estimate of drug-likeness (QED) is 0.571. The van der Waals surface area contributed by atoms with E-state index < -0.39 is 0 Å². The lowest BCUT2D eigenvalue weighted by atomic mass is 9.87. The van der Waals surface area contributed by atoms with Crippen LogP contribution >= 0.6 is 0 Å². The lowest BCUT2D eigenvalue weighted by Gasteiger charge is -2.25. The molecule has 0 aromatic carbocycles. The standard InChI is InChI=1S/C8H17N.H2/c1-7-4-3-5-8(6-7)9-2;/h7-9H,3-6H2,1-2H3;1H. The van der Waals surface area contributed by atoms with Crippen LogP contribution in [0.4, 0.5) is 0 Å². The van der Waals surface area contributed by atoms with Crippen molar-refractivity contribution in [2.75, 3.05) is 7.05 Å². The van der Waals surface area contributed by atoms with Crippen molar-refractivity contribution in [1.29, 1.82) is 0 Å². The molecule has 1 aliphatic carbocycles. The van der Waals surface area contributed by atoms with E-state index in [4.69, 9.17) is 0 Å². The Morgan fingerprint density at radius 3 is 2.67 bits per heavy atom. The average molecular weight is 129 g/mol. The van der Waals surface area contributed by atoms with Crippen LogP contribution in [0.5, 0.6) is 0 Å². The molecule has 0 spiro atoms. The first kappa shape index (κ1) is 7.07. The van der Waals surface area contributed by atoms with Crippen LogP contribution in [-0.2, 0) is 0 Å². The van der Waals surface area contributed by atoms with Gasteiger partial charge in [0.15, 0.2) is 0 Å². The fourth-order valence-electron chi connectivity index (χ4n) is 1.70. The van der Waals surface area contributed by atoms with E-state index in [0.717, 1.165) is 12.0 Å². The molecule has 2 atom stereocenters. The van der Waals surface area contributed by atoms with E-state index in [2.05, 4.69) is 19.3 Å². The summed E-state index contributed by atoms with van der Waals surface area (Å²) in [7, 11) is 2.07. The molecule has 0 aromatic heterocycles. The molecule has 1 nitrogen and oxygen atoms in total. The molecule has 0 aliphatic heterocycles. The fraction of sp³-hybridized carbons (Fsp3) is 1.00. The van der Waals surface area contributed by atoms with Gasteiger partial charge in [-0.25, -0.2) is 0 Å². The van der Waals surface area contributed by atoms with Gasteiger partial charge < -0.3 is 5.32 Å². The second kappa shape index (κ2) is 3.21. The van der Waals surface area contributed by atoms with Crippen molar-refractivity contribution in [1.82, 2.24) is 5.32 Å². The molecule has 9 heavy (non-hydrogen) atoms. The van der Waals surface area contributed by atoms with E-state index in [1.807, 2.05) is 0 Å². The third-order valence-corrected chi connectivity index (χ3v) is 2.34. The molecule has 1 N–H and O–H groups in total. The smallest absolute Gasteiger partial charge is 0.00666 e. The van der Waals surface area contributed by atoms with Gasteiger partial charge in [-0.05, 0) is 25.8 Å². The predicted molar refractivity (Wildman–Crippen MR) is 42.6 cm³/mol. The van der Waals surface area contributed by atoms with Crippen molar-refractivity contribution in [3.05, 3.63) is 0 Å². The summed E-state index contributed by atoms with van der Waals surface area (Å²) in [4.78, 5) is 0. The molecule has 0 radical (unpaired) electrons. The first-order valence-corrected chi connectivity index (χ1v) is 4.00. The maximum absolute atomic E-state index is 3.33. The molecule has 1 rings (SSSR count). The minimum atomic E-state index is 0. The van der Waals surface area contributed by atoms with Gasteiger partial charge in [0.1, 0.15) is 0 Å². The highest BCUT2D eigenvalue weighted by atomic mass is 14.9. The molecule has 1 fully saturated rings. The summed E-state index contributed by atoms with van der Waals surface area (Å²) in [5.74, 6) is 0.955. The van der Waals surface area contributed by atoms with Crippen molar-refractivity contribution in [2.24, 2.45) is 5.92 Å². The van der Waals surface area contributed by atoms with E-state index in [1.165, 1.54) is 25.7 Å². The van der Waals surface area contributed by atoms with Gasteiger partial charge in [-0.1, -0.05) is 19.8 Å². The summed E-state index contributed by atoms with van der Waals surface area (Å²) >= 11 is 0. The number of hydrogen-bond donors (Lipinski definition) is 1. The van der Waals surface area contributed by atoms with E-state index in [0.29, 0.717) is 0 Å². The SMILES string of the molecule is CNC1CCCC(C)C1.[HH]. The number of rotatable bonds is 1. The van der Waals surface area contributed by atoms with Crippen molar-refractivity contribution in [2.45, 2.75) is 38.6 Å². The minimum Gasteiger partial charge on any atom is -0.317 e. The van der Waals surface area contributed by atoms with Gasteiger partial charge in [0.05, 0.1) is 0 Å². The Hall–Kier alpha value is -0.0400. The zero-order chi connectivity index (χ0) is 6.69. The van der Waals surface area contributed by atoms with E-state index in [-0.39, 0.29) is 1.43 Å². The molecule has 0 amide bonds. The zero-order valence-electron chi connectivity index (χ0n) is 6.48. The van der Waals surface area contributed by atoms with Crippen LogP contribution in [0.3, 0.4) is 0 Å². The van der Waals surface area contributed by atoms with Gasteiger partial charge in [0.2, 0.25) is 0 Å². The van der Waals surface area contributed by atoms with E-state index >= 15 is 0 Å². The maximum Gasteiger partial charge on any atom is 0.00666 e. The Kier molecular flexibility index (Phi) is 2.52. The molecular weight excluding hydrogens is 110 g/mol. The van der Waals surface area contributed by atoms with Crippen LogP contribution in [0.2, 0.25) is 0 Å². The van der Waals surface area contributed by atoms with Crippen LogP contribution in [-0.4, -0.2) is 13.1 Å². The molecule has 56 valence electrons. The highest BCUT2D eigenvalue weighted by Crippen LogP contribution is 2.22. The van der Waals surface area contributed by atoms with Crippen LogP contribution < -0.4 is 5.32 Å². The lowest BCUT2D eigenvalue weighted by Crippen LogP contribution is -2.30. The summed E-state index contributed by atoms with van der Waals surface area (Å²) in [6.45, 7) is 2.35. The van der Waals surface area contributed by atoms with Gasteiger partial charge >= 0.3 is 0 Å². The summed E-state index contributed by atoms with van der Waals surface area (Å²) in [5.41, 5.74) is 0. The van der Waals surface area contributed by atoms with Gasteiger partial charge in [0.25, 0.3) is 0 Å². The summed E-state index contributed by atoms with van der Waals surface area (Å²) in [6.07, 6.45) is 5.64. The first-order valence-electron chi connectivity index (χ1n) is 4.00. The van der Waals surface area contributed by atoms with Crippen molar-refractivity contribution < 1.29 is 1.43 Å². The minimum absolute atomic E-state index is 0. The van der Waals surface area contributed by atoms with Crippen molar-refractivity contribution in [3.63, 3.8) is 0 Å². The van der Waals surface area contributed by atoms with Crippen LogP contribution in [0.25, 0.3) is 0 Å². The normalized spacial score (nSPS) is 36.7. The second-order valence-electron chi connectivity index (χ2n) is 3.26. The Morgan fingerprint density at radius 2 is 2.22 bits per heavy atom. The largest absolute Gasteiger partial charge is 0.317 e. The first-order chi connectivity index (χ1) is 4.33. The lowest BCUT2D eigenvalue weighted by molar-refractivity contribution is 0.314. The molecule has 1 heteroatoms. The maximum atomic E-state index is 3.33. The Morgan fingerprint density at radius 1 is 1.44 bits per heavy atom. The topological polar surface area (TPSA) is 12.0 Å². The highest BCUT2D eigenvalue weighted by molar-refractivity contribution is 4.73. The molecule has 0 saturated heterocycles. The van der Waals surface area contributed by atoms with E-state index in [1.54, 1.807) is 0 Å². The van der Waals surface area contributed by atoms with Crippen LogP contribution in [0, 0.1) is 5.92 Å².